The van der Waals surface area contributed by atoms with Crippen LogP contribution in [0.1, 0.15) is 53.9 Å². The van der Waals surface area contributed by atoms with Crippen molar-refractivity contribution in [1.82, 2.24) is 0 Å². The summed E-state index contributed by atoms with van der Waals surface area (Å²) in [6.45, 7) is 15.4. The Balaban J connectivity index is 3.69. The van der Waals surface area contributed by atoms with Crippen LogP contribution in [0.4, 0.5) is 0 Å². The zero-order valence-electron chi connectivity index (χ0n) is 10.1. The van der Waals surface area contributed by atoms with Gasteiger partial charge in [-0.2, -0.15) is 0 Å². The number of hydrogen-bond donors (Lipinski definition) is 0. The predicted molar refractivity (Wildman–Crippen MR) is 61.8 cm³/mol. The summed E-state index contributed by atoms with van der Waals surface area (Å²) in [5.41, 5.74) is 0.501. The molecule has 1 unspecified atom stereocenters. The maximum Gasteiger partial charge on any atom is -0.0265 e. The number of hydrogen-bond acceptors (Lipinski definition) is 0. The van der Waals surface area contributed by atoms with Gasteiger partial charge in [-0.15, -0.1) is 6.58 Å². The molecular formula is C13H26. The summed E-state index contributed by atoms with van der Waals surface area (Å²) < 4.78 is 0. The Bertz CT molecular complexity index is 142. The van der Waals surface area contributed by atoms with Gasteiger partial charge in [0.2, 0.25) is 0 Å². The lowest BCUT2D eigenvalue weighted by molar-refractivity contribution is 0.219. The molecule has 0 rings (SSSR count). The van der Waals surface area contributed by atoms with Gasteiger partial charge >= 0.3 is 0 Å². The molecular weight excluding hydrogens is 156 g/mol. The van der Waals surface area contributed by atoms with Crippen molar-refractivity contribution in [2.75, 3.05) is 0 Å². The highest BCUT2D eigenvalue weighted by atomic mass is 14.3. The molecule has 0 spiro atoms. The van der Waals surface area contributed by atoms with Crippen molar-refractivity contribution < 1.29 is 0 Å². The molecule has 0 aromatic carbocycles. The maximum atomic E-state index is 3.81. The van der Waals surface area contributed by atoms with Gasteiger partial charge in [0, 0.05) is 0 Å². The summed E-state index contributed by atoms with van der Waals surface area (Å²) >= 11 is 0. The molecule has 0 heteroatoms. The van der Waals surface area contributed by atoms with Gasteiger partial charge in [-0.05, 0) is 30.1 Å². The van der Waals surface area contributed by atoms with E-state index >= 15 is 0 Å². The topological polar surface area (TPSA) is 0 Å². The second-order valence-electron chi connectivity index (χ2n) is 5.25. The van der Waals surface area contributed by atoms with E-state index in [1.54, 1.807) is 0 Å². The van der Waals surface area contributed by atoms with Crippen LogP contribution in [-0.4, -0.2) is 0 Å². The minimum atomic E-state index is 0.501. The van der Waals surface area contributed by atoms with Gasteiger partial charge in [0.25, 0.3) is 0 Å². The Morgan fingerprint density at radius 2 is 1.77 bits per heavy atom. The van der Waals surface area contributed by atoms with E-state index in [1.807, 2.05) is 0 Å². The Morgan fingerprint density at radius 3 is 2.15 bits per heavy atom. The summed E-state index contributed by atoms with van der Waals surface area (Å²) in [5, 5.41) is 0. The smallest absolute Gasteiger partial charge is 0.0265 e. The SMILES string of the molecule is C=CC(C)CCCC(C)(C)C(C)C. The number of allylic oxidation sites excluding steroid dienone is 1. The lowest BCUT2D eigenvalue weighted by Crippen LogP contribution is -2.19. The molecule has 0 aromatic rings. The molecule has 0 fully saturated rings. The molecule has 78 valence electrons. The van der Waals surface area contributed by atoms with Crippen LogP contribution in [0.25, 0.3) is 0 Å². The highest BCUT2D eigenvalue weighted by Crippen LogP contribution is 2.32. The van der Waals surface area contributed by atoms with Gasteiger partial charge in [-0.3, -0.25) is 0 Å². The van der Waals surface area contributed by atoms with Crippen LogP contribution in [0.3, 0.4) is 0 Å². The third kappa shape index (κ3) is 5.13. The zero-order valence-corrected chi connectivity index (χ0v) is 10.1. The molecule has 0 amide bonds. The van der Waals surface area contributed by atoms with Crippen LogP contribution in [-0.2, 0) is 0 Å². The molecule has 0 bridgehead atoms. The van der Waals surface area contributed by atoms with Crippen molar-refractivity contribution >= 4 is 0 Å². The van der Waals surface area contributed by atoms with E-state index in [-0.39, 0.29) is 0 Å². The third-order valence-corrected chi connectivity index (χ3v) is 3.45. The van der Waals surface area contributed by atoms with Gasteiger partial charge in [0.15, 0.2) is 0 Å². The predicted octanol–water partition coefficient (Wildman–Crippen LogP) is 4.66. The Morgan fingerprint density at radius 1 is 1.23 bits per heavy atom. The molecule has 0 heterocycles. The molecule has 0 saturated heterocycles. The van der Waals surface area contributed by atoms with E-state index in [0.29, 0.717) is 11.3 Å². The summed E-state index contributed by atoms with van der Waals surface area (Å²) in [5.74, 6) is 1.47. The van der Waals surface area contributed by atoms with Gasteiger partial charge in [-0.1, -0.05) is 47.1 Å². The fourth-order valence-corrected chi connectivity index (χ4v) is 1.29. The Hall–Kier alpha value is -0.260. The molecule has 0 saturated carbocycles. The molecule has 0 aliphatic rings. The first-order valence-electron chi connectivity index (χ1n) is 5.52. The van der Waals surface area contributed by atoms with Crippen molar-refractivity contribution in [1.29, 1.82) is 0 Å². The highest BCUT2D eigenvalue weighted by molar-refractivity contribution is 4.77. The minimum Gasteiger partial charge on any atom is -0.103 e. The minimum absolute atomic E-state index is 0.501. The Labute approximate surface area is 84.4 Å². The Kier molecular flexibility index (Phi) is 5.36. The average Bonchev–Trinajstić information content (AvgIpc) is 2.03. The van der Waals surface area contributed by atoms with E-state index in [2.05, 4.69) is 47.3 Å². The van der Waals surface area contributed by atoms with Gasteiger partial charge in [-0.25, -0.2) is 0 Å². The molecule has 0 aliphatic heterocycles. The first kappa shape index (κ1) is 12.7. The van der Waals surface area contributed by atoms with Crippen LogP contribution >= 0.6 is 0 Å². The molecule has 0 radical (unpaired) electrons. The highest BCUT2D eigenvalue weighted by Gasteiger charge is 2.21. The van der Waals surface area contributed by atoms with Crippen LogP contribution < -0.4 is 0 Å². The van der Waals surface area contributed by atoms with E-state index in [9.17, 15) is 0 Å². The molecule has 13 heavy (non-hydrogen) atoms. The summed E-state index contributed by atoms with van der Waals surface area (Å²) in [6, 6.07) is 0. The van der Waals surface area contributed by atoms with Crippen molar-refractivity contribution in [2.24, 2.45) is 17.3 Å². The van der Waals surface area contributed by atoms with Crippen molar-refractivity contribution in [3.8, 4) is 0 Å². The molecule has 0 aliphatic carbocycles. The summed E-state index contributed by atoms with van der Waals surface area (Å²) in [7, 11) is 0. The maximum absolute atomic E-state index is 3.81. The standard InChI is InChI=1S/C13H26/c1-7-12(4)9-8-10-13(5,6)11(2)3/h7,11-12H,1,8-10H2,2-6H3. The zero-order chi connectivity index (χ0) is 10.5. The van der Waals surface area contributed by atoms with E-state index < -0.39 is 0 Å². The van der Waals surface area contributed by atoms with Gasteiger partial charge in [0.1, 0.15) is 0 Å². The summed E-state index contributed by atoms with van der Waals surface area (Å²) in [6.07, 6.45) is 6.02. The van der Waals surface area contributed by atoms with E-state index in [1.165, 1.54) is 19.3 Å². The fraction of sp³-hybridized carbons (Fsp3) is 0.846. The largest absolute Gasteiger partial charge is 0.103 e. The van der Waals surface area contributed by atoms with Gasteiger partial charge in [0.05, 0.1) is 0 Å². The second kappa shape index (κ2) is 5.47. The lowest BCUT2D eigenvalue weighted by atomic mass is 9.77. The molecule has 1 atom stereocenters. The molecule has 0 nitrogen and oxygen atoms in total. The first-order chi connectivity index (χ1) is 5.90. The molecule has 0 aromatic heterocycles. The summed E-state index contributed by atoms with van der Waals surface area (Å²) in [4.78, 5) is 0. The van der Waals surface area contributed by atoms with Gasteiger partial charge < -0.3 is 0 Å². The first-order valence-corrected chi connectivity index (χ1v) is 5.52. The van der Waals surface area contributed by atoms with Crippen molar-refractivity contribution in [2.45, 2.75) is 53.9 Å². The average molecular weight is 182 g/mol. The van der Waals surface area contributed by atoms with Crippen LogP contribution in [0, 0.1) is 17.3 Å². The third-order valence-electron chi connectivity index (χ3n) is 3.45. The lowest BCUT2D eigenvalue weighted by Gasteiger charge is -2.29. The van der Waals surface area contributed by atoms with E-state index in [0.717, 1.165) is 5.92 Å². The number of rotatable bonds is 6. The monoisotopic (exact) mass is 182 g/mol. The van der Waals surface area contributed by atoms with Crippen LogP contribution in [0.2, 0.25) is 0 Å². The fourth-order valence-electron chi connectivity index (χ4n) is 1.29. The van der Waals surface area contributed by atoms with Crippen LogP contribution in [0.15, 0.2) is 12.7 Å². The quantitative estimate of drug-likeness (QED) is 0.524. The normalized spacial score (nSPS) is 14.6. The van der Waals surface area contributed by atoms with Crippen LogP contribution in [0.5, 0.6) is 0 Å². The van der Waals surface area contributed by atoms with E-state index in [4.69, 9.17) is 0 Å². The molecule has 0 N–H and O–H groups in total. The van der Waals surface area contributed by atoms with Crippen molar-refractivity contribution in [3.63, 3.8) is 0 Å². The second-order valence-corrected chi connectivity index (χ2v) is 5.25. The van der Waals surface area contributed by atoms with Crippen molar-refractivity contribution in [3.05, 3.63) is 12.7 Å².